The van der Waals surface area contributed by atoms with Crippen molar-refractivity contribution in [3.63, 3.8) is 0 Å². The summed E-state index contributed by atoms with van der Waals surface area (Å²) in [4.78, 5) is 26.6. The highest BCUT2D eigenvalue weighted by atomic mass is 79.9. The van der Waals surface area contributed by atoms with Gasteiger partial charge in [-0.25, -0.2) is 0 Å². The number of hydrogen-bond acceptors (Lipinski definition) is 6. The lowest BCUT2D eigenvalue weighted by Crippen LogP contribution is -2.27. The SMILES string of the molecule is COc1cc(Br)c(/C=C2/SC(=O)N(Cc3ccccc3C#N)C2=O)cc1OC. The Morgan fingerprint density at radius 2 is 1.86 bits per heavy atom. The van der Waals surface area contributed by atoms with Crippen molar-refractivity contribution in [3.8, 4) is 17.6 Å². The van der Waals surface area contributed by atoms with Crippen LogP contribution in [0.4, 0.5) is 4.79 Å². The van der Waals surface area contributed by atoms with Crippen LogP contribution in [-0.2, 0) is 11.3 Å². The number of imide groups is 1. The lowest BCUT2D eigenvalue weighted by Gasteiger charge is -2.13. The Hall–Kier alpha value is -2.76. The van der Waals surface area contributed by atoms with Gasteiger partial charge in [-0.2, -0.15) is 5.26 Å². The third-order valence-corrected chi connectivity index (χ3v) is 5.72. The Bertz CT molecular complexity index is 1030. The molecular weight excluding hydrogens is 444 g/mol. The van der Waals surface area contributed by atoms with Gasteiger partial charge in [-0.1, -0.05) is 34.1 Å². The molecule has 1 aliphatic heterocycles. The zero-order valence-electron chi connectivity index (χ0n) is 15.1. The van der Waals surface area contributed by atoms with Gasteiger partial charge in [0.15, 0.2) is 11.5 Å². The van der Waals surface area contributed by atoms with Crippen LogP contribution in [0.25, 0.3) is 6.08 Å². The first-order valence-corrected chi connectivity index (χ1v) is 9.74. The molecule has 1 aliphatic rings. The first-order valence-electron chi connectivity index (χ1n) is 8.13. The lowest BCUT2D eigenvalue weighted by molar-refractivity contribution is -0.123. The molecule has 1 fully saturated rings. The number of amides is 2. The zero-order chi connectivity index (χ0) is 20.3. The minimum atomic E-state index is -0.399. The summed E-state index contributed by atoms with van der Waals surface area (Å²) in [5.41, 5.74) is 1.74. The van der Waals surface area contributed by atoms with Gasteiger partial charge in [-0.15, -0.1) is 0 Å². The Balaban J connectivity index is 1.91. The van der Waals surface area contributed by atoms with E-state index in [0.29, 0.717) is 37.6 Å². The fourth-order valence-electron chi connectivity index (χ4n) is 2.70. The van der Waals surface area contributed by atoms with Crippen LogP contribution in [0.1, 0.15) is 16.7 Å². The molecule has 0 unspecified atom stereocenters. The number of hydrogen-bond donors (Lipinski definition) is 0. The highest BCUT2D eigenvalue weighted by Crippen LogP contribution is 2.38. The van der Waals surface area contributed by atoms with Crippen molar-refractivity contribution in [2.45, 2.75) is 6.54 Å². The minimum Gasteiger partial charge on any atom is -0.493 e. The topological polar surface area (TPSA) is 79.6 Å². The van der Waals surface area contributed by atoms with E-state index in [1.54, 1.807) is 42.5 Å². The molecule has 0 spiro atoms. The summed E-state index contributed by atoms with van der Waals surface area (Å²) in [6, 6.07) is 12.4. The standard InChI is InChI=1S/C20H15BrN2O4S/c1-26-16-7-14(15(21)9-17(16)27-2)8-18-19(24)23(20(25)28-18)11-13-6-4-3-5-12(13)10-22/h3-9H,11H2,1-2H3/b18-8+. The summed E-state index contributed by atoms with van der Waals surface area (Å²) in [6.45, 7) is 0.0544. The molecule has 28 heavy (non-hydrogen) atoms. The Labute approximate surface area is 174 Å². The highest BCUT2D eigenvalue weighted by Gasteiger charge is 2.35. The van der Waals surface area contributed by atoms with E-state index in [9.17, 15) is 14.9 Å². The van der Waals surface area contributed by atoms with Crippen molar-refractivity contribution < 1.29 is 19.1 Å². The maximum Gasteiger partial charge on any atom is 0.293 e. The summed E-state index contributed by atoms with van der Waals surface area (Å²) in [6.07, 6.45) is 1.63. The van der Waals surface area contributed by atoms with Crippen molar-refractivity contribution in [2.75, 3.05) is 14.2 Å². The molecule has 0 atom stereocenters. The van der Waals surface area contributed by atoms with Crippen LogP contribution in [0.2, 0.25) is 0 Å². The Kier molecular flexibility index (Phi) is 6.07. The molecule has 0 aliphatic carbocycles. The predicted octanol–water partition coefficient (Wildman–Crippen LogP) is 4.57. The summed E-state index contributed by atoms with van der Waals surface area (Å²) in [5, 5.41) is 8.84. The second-order valence-corrected chi connectivity index (χ2v) is 7.61. The van der Waals surface area contributed by atoms with E-state index in [2.05, 4.69) is 22.0 Å². The number of rotatable bonds is 5. The zero-order valence-corrected chi connectivity index (χ0v) is 17.5. The van der Waals surface area contributed by atoms with Gasteiger partial charge in [0.2, 0.25) is 0 Å². The van der Waals surface area contributed by atoms with E-state index in [-0.39, 0.29) is 11.8 Å². The average Bonchev–Trinajstić information content (AvgIpc) is 2.96. The van der Waals surface area contributed by atoms with Crippen LogP contribution in [0.5, 0.6) is 11.5 Å². The number of carbonyl (C=O) groups excluding carboxylic acids is 2. The van der Waals surface area contributed by atoms with Gasteiger partial charge in [-0.3, -0.25) is 14.5 Å². The van der Waals surface area contributed by atoms with Crippen LogP contribution in [0.3, 0.4) is 0 Å². The van der Waals surface area contributed by atoms with Crippen LogP contribution in [-0.4, -0.2) is 30.3 Å². The second-order valence-electron chi connectivity index (χ2n) is 5.77. The number of thioether (sulfide) groups is 1. The third-order valence-electron chi connectivity index (χ3n) is 4.13. The van der Waals surface area contributed by atoms with Crippen molar-refractivity contribution in [1.29, 1.82) is 5.26 Å². The van der Waals surface area contributed by atoms with Gasteiger partial charge in [0.05, 0.1) is 37.3 Å². The van der Waals surface area contributed by atoms with Gasteiger partial charge < -0.3 is 9.47 Å². The van der Waals surface area contributed by atoms with Crippen LogP contribution in [0.15, 0.2) is 45.8 Å². The number of ether oxygens (including phenoxy) is 2. The molecule has 3 rings (SSSR count). The molecule has 1 saturated heterocycles. The molecule has 0 aromatic heterocycles. The third kappa shape index (κ3) is 3.91. The van der Waals surface area contributed by atoms with Crippen molar-refractivity contribution in [1.82, 2.24) is 4.90 Å². The van der Waals surface area contributed by atoms with Gasteiger partial charge in [0, 0.05) is 4.47 Å². The normalized spacial score (nSPS) is 15.1. The predicted molar refractivity (Wildman–Crippen MR) is 110 cm³/mol. The Morgan fingerprint density at radius 3 is 2.54 bits per heavy atom. The molecule has 2 aromatic carbocycles. The van der Waals surface area contributed by atoms with Crippen LogP contribution < -0.4 is 9.47 Å². The molecule has 6 nitrogen and oxygen atoms in total. The summed E-state index contributed by atoms with van der Waals surface area (Å²) in [5.74, 6) is 0.663. The van der Waals surface area contributed by atoms with Gasteiger partial charge >= 0.3 is 0 Å². The summed E-state index contributed by atoms with van der Waals surface area (Å²) >= 11 is 4.31. The van der Waals surface area contributed by atoms with E-state index in [4.69, 9.17) is 9.47 Å². The van der Waals surface area contributed by atoms with E-state index in [1.165, 1.54) is 14.2 Å². The van der Waals surface area contributed by atoms with E-state index in [0.717, 1.165) is 16.7 Å². The molecule has 142 valence electrons. The minimum absolute atomic E-state index is 0.0544. The molecule has 1 heterocycles. The largest absolute Gasteiger partial charge is 0.493 e. The fraction of sp³-hybridized carbons (Fsp3) is 0.150. The first kappa shape index (κ1) is 20.0. The molecule has 0 radical (unpaired) electrons. The van der Waals surface area contributed by atoms with Gasteiger partial charge in [-0.05, 0) is 47.2 Å². The quantitative estimate of drug-likeness (QED) is 0.610. The van der Waals surface area contributed by atoms with Crippen molar-refractivity contribution in [2.24, 2.45) is 0 Å². The van der Waals surface area contributed by atoms with Crippen molar-refractivity contribution in [3.05, 3.63) is 62.5 Å². The molecule has 2 aromatic rings. The number of carbonyl (C=O) groups is 2. The lowest BCUT2D eigenvalue weighted by atomic mass is 10.1. The van der Waals surface area contributed by atoms with E-state index >= 15 is 0 Å². The average molecular weight is 459 g/mol. The molecule has 0 bridgehead atoms. The number of halogens is 1. The maximum atomic E-state index is 12.8. The van der Waals surface area contributed by atoms with E-state index < -0.39 is 5.91 Å². The number of nitrogens with zero attached hydrogens (tertiary/aromatic N) is 2. The van der Waals surface area contributed by atoms with Crippen LogP contribution in [0, 0.1) is 11.3 Å². The second kappa shape index (κ2) is 8.50. The molecule has 0 saturated carbocycles. The van der Waals surface area contributed by atoms with Gasteiger partial charge in [0.25, 0.3) is 11.1 Å². The summed E-state index contributed by atoms with van der Waals surface area (Å²) < 4.78 is 11.2. The Morgan fingerprint density at radius 1 is 1.18 bits per heavy atom. The molecule has 8 heteroatoms. The molecule has 0 N–H and O–H groups in total. The van der Waals surface area contributed by atoms with Crippen LogP contribution >= 0.6 is 27.7 Å². The maximum absolute atomic E-state index is 12.8. The summed E-state index contributed by atoms with van der Waals surface area (Å²) in [7, 11) is 3.06. The number of nitriles is 1. The van der Waals surface area contributed by atoms with Crippen molar-refractivity contribution >= 4 is 44.9 Å². The molecular formula is C20H15BrN2O4S. The number of methoxy groups -OCH3 is 2. The first-order chi connectivity index (χ1) is 13.5. The molecule has 2 amide bonds. The van der Waals surface area contributed by atoms with Gasteiger partial charge in [0.1, 0.15) is 0 Å². The number of benzene rings is 2. The van der Waals surface area contributed by atoms with E-state index in [1.807, 2.05) is 0 Å². The monoisotopic (exact) mass is 458 g/mol. The smallest absolute Gasteiger partial charge is 0.293 e. The highest BCUT2D eigenvalue weighted by molar-refractivity contribution is 9.10. The fourth-order valence-corrected chi connectivity index (χ4v) is 3.96.